The molecule has 23 heavy (non-hydrogen) atoms. The van der Waals surface area contributed by atoms with Crippen molar-refractivity contribution < 1.29 is 9.59 Å². The Bertz CT molecular complexity index is 565. The second-order valence-corrected chi connectivity index (χ2v) is 6.35. The molecule has 1 saturated heterocycles. The molecule has 1 aliphatic rings. The Morgan fingerprint density at radius 2 is 1.70 bits per heavy atom. The van der Waals surface area contributed by atoms with Crippen LogP contribution in [-0.4, -0.2) is 65.8 Å². The predicted octanol–water partition coefficient (Wildman–Crippen LogP) is 1.51. The molecule has 5 heteroatoms. The molecule has 0 saturated carbocycles. The summed E-state index contributed by atoms with van der Waals surface area (Å²) in [7, 11) is 1.99. The second kappa shape index (κ2) is 7.59. The van der Waals surface area contributed by atoms with Crippen molar-refractivity contribution in [2.45, 2.75) is 33.4 Å². The zero-order valence-corrected chi connectivity index (χ0v) is 14.6. The van der Waals surface area contributed by atoms with Crippen LogP contribution in [0.25, 0.3) is 0 Å². The van der Waals surface area contributed by atoms with Crippen molar-refractivity contribution in [3.05, 3.63) is 35.4 Å². The lowest BCUT2D eigenvalue weighted by Gasteiger charge is -2.37. The highest BCUT2D eigenvalue weighted by Crippen LogP contribution is 2.13. The second-order valence-electron chi connectivity index (χ2n) is 6.35. The van der Waals surface area contributed by atoms with Crippen LogP contribution in [0, 0.1) is 6.92 Å². The van der Waals surface area contributed by atoms with E-state index in [4.69, 9.17) is 0 Å². The van der Waals surface area contributed by atoms with E-state index in [0.717, 1.165) is 6.54 Å². The van der Waals surface area contributed by atoms with Crippen LogP contribution in [0.15, 0.2) is 24.3 Å². The minimum absolute atomic E-state index is 0.0850. The van der Waals surface area contributed by atoms with Crippen LogP contribution in [0.4, 0.5) is 0 Å². The fraction of sp³-hybridized carbons (Fsp3) is 0.556. The number of aryl methyl sites for hydroxylation is 1. The maximum Gasteiger partial charge on any atom is 0.239 e. The molecule has 1 atom stereocenters. The Morgan fingerprint density at radius 3 is 2.26 bits per heavy atom. The van der Waals surface area contributed by atoms with Gasteiger partial charge in [0.25, 0.3) is 0 Å². The molecule has 0 spiro atoms. The summed E-state index contributed by atoms with van der Waals surface area (Å²) < 4.78 is 0. The Morgan fingerprint density at radius 1 is 1.13 bits per heavy atom. The van der Waals surface area contributed by atoms with Gasteiger partial charge in [-0.15, -0.1) is 0 Å². The summed E-state index contributed by atoms with van der Waals surface area (Å²) in [5.74, 6) is 0.228. The van der Waals surface area contributed by atoms with Crippen LogP contribution in [0.3, 0.4) is 0 Å². The maximum atomic E-state index is 12.7. The average Bonchev–Trinajstić information content (AvgIpc) is 2.55. The lowest BCUT2D eigenvalue weighted by Crippen LogP contribution is -2.54. The number of carbonyl (C=O) groups is 2. The SMILES string of the molecule is CC(=O)N1CCN(C(=O)C(C)N(C)Cc2ccccc2C)CC1. The minimum atomic E-state index is -0.168. The number of amides is 2. The van der Waals surface area contributed by atoms with Gasteiger partial charge in [-0.25, -0.2) is 0 Å². The van der Waals surface area contributed by atoms with Crippen molar-refractivity contribution in [2.75, 3.05) is 33.2 Å². The van der Waals surface area contributed by atoms with Gasteiger partial charge in [0.2, 0.25) is 11.8 Å². The van der Waals surface area contributed by atoms with E-state index < -0.39 is 0 Å². The molecule has 1 aromatic carbocycles. The van der Waals surface area contributed by atoms with E-state index in [-0.39, 0.29) is 17.9 Å². The van der Waals surface area contributed by atoms with E-state index in [1.165, 1.54) is 11.1 Å². The fourth-order valence-corrected chi connectivity index (χ4v) is 2.89. The van der Waals surface area contributed by atoms with E-state index in [1.54, 1.807) is 11.8 Å². The zero-order valence-electron chi connectivity index (χ0n) is 14.6. The third-order valence-electron chi connectivity index (χ3n) is 4.74. The van der Waals surface area contributed by atoms with Crippen molar-refractivity contribution in [1.82, 2.24) is 14.7 Å². The van der Waals surface area contributed by atoms with Gasteiger partial charge in [-0.1, -0.05) is 24.3 Å². The molecule has 0 radical (unpaired) electrons. The van der Waals surface area contributed by atoms with Crippen molar-refractivity contribution in [2.24, 2.45) is 0 Å². The summed E-state index contributed by atoms with van der Waals surface area (Å²) in [6.07, 6.45) is 0. The van der Waals surface area contributed by atoms with Crippen LogP contribution < -0.4 is 0 Å². The highest BCUT2D eigenvalue weighted by atomic mass is 16.2. The standard InChI is InChI=1S/C18H27N3O2/c1-14-7-5-6-8-17(14)13-19(4)15(2)18(23)21-11-9-20(10-12-21)16(3)22/h5-8,15H,9-13H2,1-4H3. The molecule has 0 aromatic heterocycles. The van der Waals surface area contributed by atoms with Crippen LogP contribution >= 0.6 is 0 Å². The predicted molar refractivity (Wildman–Crippen MR) is 90.9 cm³/mol. The summed E-state index contributed by atoms with van der Waals surface area (Å²) in [5.41, 5.74) is 2.49. The van der Waals surface area contributed by atoms with Crippen LogP contribution in [0.5, 0.6) is 0 Å². The quantitative estimate of drug-likeness (QED) is 0.845. The third kappa shape index (κ3) is 4.32. The van der Waals surface area contributed by atoms with Crippen LogP contribution in [-0.2, 0) is 16.1 Å². The van der Waals surface area contributed by atoms with Crippen molar-refractivity contribution >= 4 is 11.8 Å². The van der Waals surface area contributed by atoms with Crippen LogP contribution in [0.1, 0.15) is 25.0 Å². The zero-order chi connectivity index (χ0) is 17.0. The van der Waals surface area contributed by atoms with Gasteiger partial charge >= 0.3 is 0 Å². The van der Waals surface area contributed by atoms with E-state index in [1.807, 2.05) is 31.0 Å². The van der Waals surface area contributed by atoms with Gasteiger partial charge < -0.3 is 9.80 Å². The summed E-state index contributed by atoms with van der Waals surface area (Å²) >= 11 is 0. The topological polar surface area (TPSA) is 43.9 Å². The first-order valence-corrected chi connectivity index (χ1v) is 8.19. The molecule has 5 nitrogen and oxygen atoms in total. The molecule has 2 amide bonds. The molecule has 2 rings (SSSR count). The summed E-state index contributed by atoms with van der Waals surface area (Å²) in [6, 6.07) is 8.09. The van der Waals surface area contributed by atoms with Crippen molar-refractivity contribution in [3.8, 4) is 0 Å². The maximum absolute atomic E-state index is 12.7. The molecule has 1 unspecified atom stereocenters. The number of rotatable bonds is 4. The molecule has 0 N–H and O–H groups in total. The summed E-state index contributed by atoms with van der Waals surface area (Å²) in [4.78, 5) is 29.8. The summed E-state index contributed by atoms with van der Waals surface area (Å²) in [5, 5.41) is 0. The summed E-state index contributed by atoms with van der Waals surface area (Å²) in [6.45, 7) is 8.91. The van der Waals surface area contributed by atoms with E-state index in [9.17, 15) is 9.59 Å². The normalized spacial score (nSPS) is 16.6. The monoisotopic (exact) mass is 317 g/mol. The average molecular weight is 317 g/mol. The number of hydrogen-bond donors (Lipinski definition) is 0. The van der Waals surface area contributed by atoms with Gasteiger partial charge in [-0.05, 0) is 32.0 Å². The first-order valence-electron chi connectivity index (χ1n) is 8.19. The van der Waals surface area contributed by atoms with Gasteiger partial charge in [0.15, 0.2) is 0 Å². The number of nitrogens with zero attached hydrogens (tertiary/aromatic N) is 3. The molecule has 0 bridgehead atoms. The Labute approximate surface area is 138 Å². The highest BCUT2D eigenvalue weighted by Gasteiger charge is 2.27. The largest absolute Gasteiger partial charge is 0.339 e. The van der Waals surface area contributed by atoms with Crippen molar-refractivity contribution in [1.29, 1.82) is 0 Å². The molecule has 1 aromatic rings. The smallest absolute Gasteiger partial charge is 0.239 e. The molecule has 1 aliphatic heterocycles. The van der Waals surface area contributed by atoms with E-state index in [0.29, 0.717) is 26.2 Å². The van der Waals surface area contributed by atoms with Gasteiger partial charge in [0, 0.05) is 39.6 Å². The number of piperazine rings is 1. The third-order valence-corrected chi connectivity index (χ3v) is 4.74. The first-order chi connectivity index (χ1) is 10.9. The van der Waals surface area contributed by atoms with Gasteiger partial charge in [0.05, 0.1) is 6.04 Å². The van der Waals surface area contributed by atoms with Gasteiger partial charge in [-0.3, -0.25) is 14.5 Å². The molecule has 1 heterocycles. The van der Waals surface area contributed by atoms with Gasteiger partial charge in [0.1, 0.15) is 0 Å². The number of hydrogen-bond acceptors (Lipinski definition) is 3. The van der Waals surface area contributed by atoms with E-state index >= 15 is 0 Å². The Hall–Kier alpha value is -1.88. The Kier molecular flexibility index (Phi) is 5.77. The minimum Gasteiger partial charge on any atom is -0.339 e. The molecular weight excluding hydrogens is 290 g/mol. The van der Waals surface area contributed by atoms with Crippen molar-refractivity contribution in [3.63, 3.8) is 0 Å². The molecule has 1 fully saturated rings. The number of likely N-dealkylation sites (N-methyl/N-ethyl adjacent to an activating group) is 1. The Balaban J connectivity index is 1.92. The molecule has 0 aliphatic carbocycles. The molecule has 126 valence electrons. The fourth-order valence-electron chi connectivity index (χ4n) is 2.89. The first kappa shape index (κ1) is 17.5. The highest BCUT2D eigenvalue weighted by molar-refractivity contribution is 5.82. The lowest BCUT2D eigenvalue weighted by atomic mass is 10.1. The number of carbonyl (C=O) groups excluding carboxylic acids is 2. The lowest BCUT2D eigenvalue weighted by molar-refractivity contribution is -0.141. The number of benzene rings is 1. The van der Waals surface area contributed by atoms with Crippen LogP contribution in [0.2, 0.25) is 0 Å². The van der Waals surface area contributed by atoms with Gasteiger partial charge in [-0.2, -0.15) is 0 Å². The van der Waals surface area contributed by atoms with E-state index in [2.05, 4.69) is 24.0 Å². The molecular formula is C18H27N3O2.